The van der Waals surface area contributed by atoms with Crippen molar-refractivity contribution in [3.05, 3.63) is 28.2 Å². The second-order valence-corrected chi connectivity index (χ2v) is 6.58. The van der Waals surface area contributed by atoms with Crippen molar-refractivity contribution in [1.82, 2.24) is 0 Å². The summed E-state index contributed by atoms with van der Waals surface area (Å²) < 4.78 is 25.6. The molecule has 0 fully saturated rings. The van der Waals surface area contributed by atoms with Gasteiger partial charge in [0.15, 0.2) is 0 Å². The smallest absolute Gasteiger partial charge is 0.242 e. The molecule has 0 amide bonds. The number of alkyl halides is 1. The van der Waals surface area contributed by atoms with Gasteiger partial charge in [-0.2, -0.15) is 0 Å². The Morgan fingerprint density at radius 3 is 2.64 bits per heavy atom. The van der Waals surface area contributed by atoms with Crippen molar-refractivity contribution in [2.45, 2.75) is 6.92 Å². The number of anilines is 1. The SMILES string of the molecule is Cc1cccc(NS(=O)(=O)CBr)c1Br. The maximum absolute atomic E-state index is 11.3. The second kappa shape index (κ2) is 4.63. The van der Waals surface area contributed by atoms with E-state index in [1.54, 1.807) is 12.1 Å². The molecule has 0 atom stereocenters. The van der Waals surface area contributed by atoms with Crippen LogP contribution in [0.15, 0.2) is 22.7 Å². The predicted molar refractivity (Wildman–Crippen MR) is 65.2 cm³/mol. The highest BCUT2D eigenvalue weighted by Gasteiger charge is 2.10. The predicted octanol–water partition coefficient (Wildman–Crippen LogP) is 2.85. The molecule has 1 N–H and O–H groups in total. The molecule has 1 aromatic carbocycles. The fourth-order valence-corrected chi connectivity index (χ4v) is 2.32. The normalized spacial score (nSPS) is 11.4. The Hall–Kier alpha value is -0.0700. The number of sulfonamides is 1. The van der Waals surface area contributed by atoms with Gasteiger partial charge in [-0.15, -0.1) is 0 Å². The molecule has 6 heteroatoms. The Morgan fingerprint density at radius 2 is 2.07 bits per heavy atom. The van der Waals surface area contributed by atoms with Crippen LogP contribution in [0.4, 0.5) is 5.69 Å². The molecule has 0 saturated carbocycles. The van der Waals surface area contributed by atoms with Crippen molar-refractivity contribution < 1.29 is 8.42 Å². The van der Waals surface area contributed by atoms with Gasteiger partial charge in [0.1, 0.15) is 4.66 Å². The van der Waals surface area contributed by atoms with Gasteiger partial charge in [0, 0.05) is 4.47 Å². The quantitative estimate of drug-likeness (QED) is 0.858. The molecule has 0 unspecified atom stereocenters. The standard InChI is InChI=1S/C8H9Br2NO2S/c1-6-3-2-4-7(8(6)10)11-14(12,13)5-9/h2-4,11H,5H2,1H3. The van der Waals surface area contributed by atoms with E-state index in [1.165, 1.54) is 0 Å². The lowest BCUT2D eigenvalue weighted by atomic mass is 10.2. The van der Waals surface area contributed by atoms with Crippen LogP contribution in [0.25, 0.3) is 0 Å². The summed E-state index contributed by atoms with van der Waals surface area (Å²) in [6.45, 7) is 1.90. The van der Waals surface area contributed by atoms with E-state index in [4.69, 9.17) is 0 Å². The fourth-order valence-electron chi connectivity index (χ4n) is 0.921. The fraction of sp³-hybridized carbons (Fsp3) is 0.250. The maximum atomic E-state index is 11.3. The van der Waals surface area contributed by atoms with Crippen molar-refractivity contribution in [3.63, 3.8) is 0 Å². The minimum atomic E-state index is -3.28. The lowest BCUT2D eigenvalue weighted by molar-refractivity contribution is 0.606. The summed E-state index contributed by atoms with van der Waals surface area (Å²) in [6, 6.07) is 5.40. The average Bonchev–Trinajstić information content (AvgIpc) is 2.13. The first-order valence-corrected chi connectivity index (χ1v) is 7.34. The summed E-state index contributed by atoms with van der Waals surface area (Å²) in [6.07, 6.45) is 0. The Labute approximate surface area is 100 Å². The van der Waals surface area contributed by atoms with Crippen LogP contribution in [0.1, 0.15) is 5.56 Å². The zero-order chi connectivity index (χ0) is 10.8. The van der Waals surface area contributed by atoms with E-state index in [9.17, 15) is 8.42 Å². The lowest BCUT2D eigenvalue weighted by Gasteiger charge is -2.08. The summed E-state index contributed by atoms with van der Waals surface area (Å²) >= 11 is 6.23. The zero-order valence-corrected chi connectivity index (χ0v) is 11.4. The van der Waals surface area contributed by atoms with Gasteiger partial charge in [-0.1, -0.05) is 28.1 Å². The molecule has 1 aromatic rings. The average molecular weight is 343 g/mol. The van der Waals surface area contributed by atoms with E-state index in [0.717, 1.165) is 10.0 Å². The number of nitrogens with one attached hydrogen (secondary N) is 1. The molecular formula is C8H9Br2NO2S. The molecule has 0 aromatic heterocycles. The van der Waals surface area contributed by atoms with Gasteiger partial charge in [-0.3, -0.25) is 4.72 Å². The number of hydrogen-bond acceptors (Lipinski definition) is 2. The number of halogens is 2. The van der Waals surface area contributed by atoms with Crippen molar-refractivity contribution in [2.75, 3.05) is 9.38 Å². The Balaban J connectivity index is 3.05. The molecule has 0 radical (unpaired) electrons. The van der Waals surface area contributed by atoms with Gasteiger partial charge in [0.25, 0.3) is 0 Å². The third kappa shape index (κ3) is 2.96. The van der Waals surface area contributed by atoms with E-state index < -0.39 is 10.0 Å². The van der Waals surface area contributed by atoms with Crippen LogP contribution < -0.4 is 4.72 Å². The van der Waals surface area contributed by atoms with Crippen molar-refractivity contribution in [2.24, 2.45) is 0 Å². The minimum Gasteiger partial charge on any atom is -0.282 e. The first kappa shape index (κ1) is 12.0. The van der Waals surface area contributed by atoms with Crippen LogP contribution in [-0.4, -0.2) is 13.1 Å². The van der Waals surface area contributed by atoms with Crippen LogP contribution in [0.3, 0.4) is 0 Å². The lowest BCUT2D eigenvalue weighted by Crippen LogP contribution is -2.13. The van der Waals surface area contributed by atoms with Gasteiger partial charge in [-0.05, 0) is 34.5 Å². The number of hydrogen-bond donors (Lipinski definition) is 1. The van der Waals surface area contributed by atoms with E-state index in [1.807, 2.05) is 13.0 Å². The van der Waals surface area contributed by atoms with Gasteiger partial charge < -0.3 is 0 Å². The number of benzene rings is 1. The van der Waals surface area contributed by atoms with Gasteiger partial charge in [0.05, 0.1) is 5.69 Å². The zero-order valence-electron chi connectivity index (χ0n) is 7.42. The van der Waals surface area contributed by atoms with E-state index in [-0.39, 0.29) is 4.66 Å². The molecule has 78 valence electrons. The molecule has 0 saturated heterocycles. The van der Waals surface area contributed by atoms with Crippen LogP contribution >= 0.6 is 31.9 Å². The Bertz CT molecular complexity index is 431. The third-order valence-corrected chi connectivity index (χ3v) is 5.28. The van der Waals surface area contributed by atoms with Gasteiger partial charge in [0.2, 0.25) is 10.0 Å². The molecule has 0 heterocycles. The second-order valence-electron chi connectivity index (χ2n) is 2.76. The monoisotopic (exact) mass is 341 g/mol. The van der Waals surface area contributed by atoms with E-state index >= 15 is 0 Å². The molecule has 1 rings (SSSR count). The molecule has 0 spiro atoms. The largest absolute Gasteiger partial charge is 0.282 e. The molecule has 3 nitrogen and oxygen atoms in total. The highest BCUT2D eigenvalue weighted by Crippen LogP contribution is 2.26. The van der Waals surface area contributed by atoms with Crippen LogP contribution in [0.5, 0.6) is 0 Å². The molecule has 0 aliphatic heterocycles. The first-order valence-electron chi connectivity index (χ1n) is 3.78. The molecule has 0 bridgehead atoms. The van der Waals surface area contributed by atoms with Crippen molar-refractivity contribution in [3.8, 4) is 0 Å². The Morgan fingerprint density at radius 1 is 1.43 bits per heavy atom. The van der Waals surface area contributed by atoms with Gasteiger partial charge >= 0.3 is 0 Å². The van der Waals surface area contributed by atoms with Crippen LogP contribution in [-0.2, 0) is 10.0 Å². The molecule has 0 aliphatic rings. The minimum absolute atomic E-state index is 0.111. The topological polar surface area (TPSA) is 46.2 Å². The van der Waals surface area contributed by atoms with E-state index in [2.05, 4.69) is 36.6 Å². The maximum Gasteiger partial charge on any atom is 0.242 e. The Kier molecular flexibility index (Phi) is 3.97. The number of rotatable bonds is 3. The van der Waals surface area contributed by atoms with Crippen LogP contribution in [0.2, 0.25) is 0 Å². The van der Waals surface area contributed by atoms with Gasteiger partial charge in [-0.25, -0.2) is 8.42 Å². The first-order chi connectivity index (χ1) is 6.46. The van der Waals surface area contributed by atoms with Crippen LogP contribution in [0, 0.1) is 6.92 Å². The number of aryl methyl sites for hydroxylation is 1. The summed E-state index contributed by atoms with van der Waals surface area (Å²) in [5, 5.41) is 0. The van der Waals surface area contributed by atoms with Crippen molar-refractivity contribution in [1.29, 1.82) is 0 Å². The highest BCUT2D eigenvalue weighted by molar-refractivity contribution is 9.11. The van der Waals surface area contributed by atoms with E-state index in [0.29, 0.717) is 5.69 Å². The molecular weight excluding hydrogens is 334 g/mol. The summed E-state index contributed by atoms with van der Waals surface area (Å²) in [5.74, 6) is 0. The summed E-state index contributed by atoms with van der Waals surface area (Å²) in [5.41, 5.74) is 1.55. The highest BCUT2D eigenvalue weighted by atomic mass is 79.9. The van der Waals surface area contributed by atoms with Crippen molar-refractivity contribution >= 4 is 47.6 Å². The summed E-state index contributed by atoms with van der Waals surface area (Å²) in [7, 11) is -3.28. The summed E-state index contributed by atoms with van der Waals surface area (Å²) in [4.78, 5) is 0. The molecule has 0 aliphatic carbocycles. The third-order valence-electron chi connectivity index (χ3n) is 1.60. The molecule has 14 heavy (non-hydrogen) atoms.